The number of carbonyl (C=O) groups excluding carboxylic acids is 1. The number of aromatic amines is 1. The van der Waals surface area contributed by atoms with Gasteiger partial charge in [0.2, 0.25) is 5.91 Å². The summed E-state index contributed by atoms with van der Waals surface area (Å²) in [5, 5.41) is 18.4. The Labute approximate surface area is 143 Å². The summed E-state index contributed by atoms with van der Waals surface area (Å²) in [6.45, 7) is 3.32. The number of nitrogens with zero attached hydrogens (tertiary/aromatic N) is 2. The third-order valence-corrected chi connectivity index (χ3v) is 4.33. The van der Waals surface area contributed by atoms with Crippen LogP contribution in [0.2, 0.25) is 0 Å². The normalized spacial score (nSPS) is 14.2. The van der Waals surface area contributed by atoms with E-state index in [1.807, 2.05) is 4.90 Å². The van der Waals surface area contributed by atoms with Gasteiger partial charge in [-0.3, -0.25) is 14.8 Å². The number of anilines is 1. The van der Waals surface area contributed by atoms with Crippen molar-refractivity contribution in [1.29, 1.82) is 0 Å². The Morgan fingerprint density at radius 2 is 2.24 bits per heavy atom. The maximum atomic E-state index is 13.5. The maximum Gasteiger partial charge on any atom is 0.356 e. The van der Waals surface area contributed by atoms with Gasteiger partial charge in [0.05, 0.1) is 0 Å². The van der Waals surface area contributed by atoms with E-state index in [4.69, 9.17) is 5.11 Å². The Kier molecular flexibility index (Phi) is 4.80. The molecule has 0 aliphatic carbocycles. The zero-order chi connectivity index (χ0) is 18.0. The van der Waals surface area contributed by atoms with E-state index in [1.54, 1.807) is 19.1 Å². The van der Waals surface area contributed by atoms with Gasteiger partial charge in [0.15, 0.2) is 5.69 Å². The molecule has 0 unspecified atom stereocenters. The SMILES string of the molecule is Cc1ccc(NC(=O)CCN2CCc3[nH]nc(C(=O)O)c3C2)cc1F. The number of hydrogen-bond donors (Lipinski definition) is 3. The van der Waals surface area contributed by atoms with Crippen LogP contribution in [0.1, 0.15) is 33.7 Å². The molecule has 0 fully saturated rings. The van der Waals surface area contributed by atoms with Crippen LogP contribution in [0.3, 0.4) is 0 Å². The first-order valence-corrected chi connectivity index (χ1v) is 8.02. The molecule has 2 heterocycles. The van der Waals surface area contributed by atoms with Crippen LogP contribution >= 0.6 is 0 Å². The number of amides is 1. The molecule has 0 atom stereocenters. The van der Waals surface area contributed by atoms with Gasteiger partial charge in [-0.1, -0.05) is 6.07 Å². The fourth-order valence-corrected chi connectivity index (χ4v) is 2.87. The molecule has 132 valence electrons. The summed E-state index contributed by atoms with van der Waals surface area (Å²) >= 11 is 0. The molecule has 1 amide bonds. The lowest BCUT2D eigenvalue weighted by Gasteiger charge is -2.26. The van der Waals surface area contributed by atoms with Crippen molar-refractivity contribution in [3.05, 3.63) is 46.5 Å². The Hall–Kier alpha value is -2.74. The number of carboxylic acids is 1. The number of aryl methyl sites for hydroxylation is 1. The van der Waals surface area contributed by atoms with Crippen molar-refractivity contribution in [3.63, 3.8) is 0 Å². The zero-order valence-corrected chi connectivity index (χ0v) is 13.8. The molecule has 0 saturated heterocycles. The van der Waals surface area contributed by atoms with Crippen LogP contribution in [0.25, 0.3) is 0 Å². The number of rotatable bonds is 5. The second kappa shape index (κ2) is 7.02. The van der Waals surface area contributed by atoms with E-state index in [-0.39, 0.29) is 23.8 Å². The molecule has 8 heteroatoms. The molecule has 0 spiro atoms. The molecule has 1 aromatic heterocycles. The number of benzene rings is 1. The maximum absolute atomic E-state index is 13.5. The Morgan fingerprint density at radius 1 is 1.44 bits per heavy atom. The topological polar surface area (TPSA) is 98.3 Å². The van der Waals surface area contributed by atoms with Gasteiger partial charge in [-0.05, 0) is 24.6 Å². The van der Waals surface area contributed by atoms with E-state index in [0.29, 0.717) is 36.3 Å². The fraction of sp³-hybridized carbons (Fsp3) is 0.353. The lowest BCUT2D eigenvalue weighted by Crippen LogP contribution is -2.33. The van der Waals surface area contributed by atoms with E-state index in [0.717, 1.165) is 12.2 Å². The van der Waals surface area contributed by atoms with E-state index in [2.05, 4.69) is 15.5 Å². The lowest BCUT2D eigenvalue weighted by molar-refractivity contribution is -0.116. The summed E-state index contributed by atoms with van der Waals surface area (Å²) in [7, 11) is 0. The number of fused-ring (bicyclic) bond motifs is 1. The van der Waals surface area contributed by atoms with Gasteiger partial charge >= 0.3 is 5.97 Å². The van der Waals surface area contributed by atoms with Crippen LogP contribution in [-0.2, 0) is 17.8 Å². The molecule has 1 aliphatic heterocycles. The number of halogens is 1. The average molecular weight is 346 g/mol. The molecule has 0 radical (unpaired) electrons. The smallest absolute Gasteiger partial charge is 0.356 e. The summed E-state index contributed by atoms with van der Waals surface area (Å²) in [6, 6.07) is 4.57. The Balaban J connectivity index is 1.55. The van der Waals surface area contributed by atoms with Crippen molar-refractivity contribution in [2.75, 3.05) is 18.4 Å². The highest BCUT2D eigenvalue weighted by Gasteiger charge is 2.25. The molecule has 2 aromatic rings. The molecule has 25 heavy (non-hydrogen) atoms. The molecule has 1 aliphatic rings. The molecule has 0 bridgehead atoms. The highest BCUT2D eigenvalue weighted by atomic mass is 19.1. The van der Waals surface area contributed by atoms with Gasteiger partial charge in [-0.2, -0.15) is 5.10 Å². The zero-order valence-electron chi connectivity index (χ0n) is 13.8. The summed E-state index contributed by atoms with van der Waals surface area (Å²) in [5.41, 5.74) is 2.51. The Bertz CT molecular complexity index is 818. The van der Waals surface area contributed by atoms with Crippen molar-refractivity contribution in [2.24, 2.45) is 0 Å². The summed E-state index contributed by atoms with van der Waals surface area (Å²) in [4.78, 5) is 25.2. The minimum absolute atomic E-state index is 0.0410. The molecule has 1 aromatic carbocycles. The van der Waals surface area contributed by atoms with E-state index < -0.39 is 5.97 Å². The van der Waals surface area contributed by atoms with Crippen LogP contribution in [0, 0.1) is 12.7 Å². The second-order valence-corrected chi connectivity index (χ2v) is 6.12. The Morgan fingerprint density at radius 3 is 2.96 bits per heavy atom. The minimum Gasteiger partial charge on any atom is -0.476 e. The first kappa shape index (κ1) is 17.1. The minimum atomic E-state index is -1.06. The van der Waals surface area contributed by atoms with Crippen molar-refractivity contribution in [1.82, 2.24) is 15.1 Å². The molecule has 3 N–H and O–H groups in total. The van der Waals surface area contributed by atoms with Gasteiger partial charge in [-0.15, -0.1) is 0 Å². The van der Waals surface area contributed by atoms with E-state index >= 15 is 0 Å². The highest BCUT2D eigenvalue weighted by molar-refractivity contribution is 5.90. The first-order valence-electron chi connectivity index (χ1n) is 8.02. The van der Waals surface area contributed by atoms with Crippen molar-refractivity contribution in [3.8, 4) is 0 Å². The van der Waals surface area contributed by atoms with Gasteiger partial charge < -0.3 is 10.4 Å². The standard InChI is InChI=1S/C17H19FN4O3/c1-10-2-3-11(8-13(10)18)19-15(23)5-7-22-6-4-14-12(9-22)16(17(24)25)21-20-14/h2-3,8H,4-7,9H2,1H3,(H,19,23)(H,20,21)(H,24,25). The van der Waals surface area contributed by atoms with E-state index in [1.165, 1.54) is 6.07 Å². The van der Waals surface area contributed by atoms with Gasteiger partial charge in [0, 0.05) is 49.4 Å². The van der Waals surface area contributed by atoms with E-state index in [9.17, 15) is 14.0 Å². The van der Waals surface area contributed by atoms with Crippen LogP contribution in [0.5, 0.6) is 0 Å². The monoisotopic (exact) mass is 346 g/mol. The first-order chi connectivity index (χ1) is 11.9. The van der Waals surface area contributed by atoms with Gasteiger partial charge in [-0.25, -0.2) is 9.18 Å². The van der Waals surface area contributed by atoms with Crippen LogP contribution in [0.4, 0.5) is 10.1 Å². The molecule has 3 rings (SSSR count). The van der Waals surface area contributed by atoms with Crippen LogP contribution < -0.4 is 5.32 Å². The number of H-pyrrole nitrogens is 1. The number of nitrogens with one attached hydrogen (secondary N) is 2. The third kappa shape index (κ3) is 3.85. The number of aromatic carboxylic acids is 1. The largest absolute Gasteiger partial charge is 0.476 e. The average Bonchev–Trinajstić information content (AvgIpc) is 3.00. The predicted octanol–water partition coefficient (Wildman–Crippen LogP) is 1.94. The lowest BCUT2D eigenvalue weighted by atomic mass is 10.1. The molecular formula is C17H19FN4O3. The molecule has 7 nitrogen and oxygen atoms in total. The molecule has 0 saturated carbocycles. The van der Waals surface area contributed by atoms with Crippen molar-refractivity contribution >= 4 is 17.6 Å². The van der Waals surface area contributed by atoms with Gasteiger partial charge in [0.1, 0.15) is 5.82 Å². The number of carboxylic acid groups (broad SMARTS) is 1. The summed E-state index contributed by atoms with van der Waals surface area (Å²) in [5.74, 6) is -1.62. The number of hydrogen-bond acceptors (Lipinski definition) is 4. The number of aromatic nitrogens is 2. The number of carbonyl (C=O) groups is 2. The van der Waals surface area contributed by atoms with Crippen molar-refractivity contribution < 1.29 is 19.1 Å². The predicted molar refractivity (Wildman–Crippen MR) is 88.9 cm³/mol. The molecular weight excluding hydrogens is 327 g/mol. The summed E-state index contributed by atoms with van der Waals surface area (Å²) in [6.07, 6.45) is 0.908. The van der Waals surface area contributed by atoms with Crippen molar-refractivity contribution in [2.45, 2.75) is 26.3 Å². The fourth-order valence-electron chi connectivity index (χ4n) is 2.87. The summed E-state index contributed by atoms with van der Waals surface area (Å²) < 4.78 is 13.5. The third-order valence-electron chi connectivity index (χ3n) is 4.33. The highest BCUT2D eigenvalue weighted by Crippen LogP contribution is 2.20. The quantitative estimate of drug-likeness (QED) is 0.768. The second-order valence-electron chi connectivity index (χ2n) is 6.12. The van der Waals surface area contributed by atoms with Crippen LogP contribution in [0.15, 0.2) is 18.2 Å². The van der Waals surface area contributed by atoms with Crippen LogP contribution in [-0.4, -0.2) is 45.2 Å². The van der Waals surface area contributed by atoms with Gasteiger partial charge in [0.25, 0.3) is 0 Å².